The predicted molar refractivity (Wildman–Crippen MR) is 88.9 cm³/mol. The molecule has 1 aliphatic heterocycles. The van der Waals surface area contributed by atoms with Gasteiger partial charge in [0.2, 0.25) is 5.91 Å². The molecule has 0 unspecified atom stereocenters. The molecule has 0 spiro atoms. The molecule has 0 atom stereocenters. The Hall–Kier alpha value is -2.70. The fourth-order valence-electron chi connectivity index (χ4n) is 3.19. The summed E-state index contributed by atoms with van der Waals surface area (Å²) in [6, 6.07) is 3.72. The first kappa shape index (κ1) is 14.9. The van der Waals surface area contributed by atoms with E-state index in [1.165, 1.54) is 4.68 Å². The van der Waals surface area contributed by atoms with Crippen molar-refractivity contribution in [3.05, 3.63) is 35.8 Å². The van der Waals surface area contributed by atoms with Crippen LogP contribution in [0.2, 0.25) is 0 Å². The van der Waals surface area contributed by atoms with Crippen LogP contribution >= 0.6 is 0 Å². The fraction of sp³-hybridized carbons (Fsp3) is 0.412. The Labute approximate surface area is 139 Å². The van der Waals surface area contributed by atoms with E-state index in [2.05, 4.69) is 15.4 Å². The highest BCUT2D eigenvalue weighted by molar-refractivity contribution is 6.09. The number of hydrogen-bond donors (Lipinski definition) is 1. The standard InChI is InChI=1S/C17H19N5O2/c1-17(2)11-9-18-14(20-15(23)12-6-7-19-21(12)3)8-13(11)22(16(17)24)10-4-5-10/h6-10H,4-5H2,1-3H3,(H,18,20,23). The second-order valence-electron chi connectivity index (χ2n) is 6.91. The van der Waals surface area contributed by atoms with Gasteiger partial charge in [0.1, 0.15) is 11.5 Å². The van der Waals surface area contributed by atoms with E-state index >= 15 is 0 Å². The molecule has 2 aromatic heterocycles. The van der Waals surface area contributed by atoms with Gasteiger partial charge in [0.25, 0.3) is 5.91 Å². The SMILES string of the molecule is Cn1nccc1C(=O)Nc1cc2c(cn1)C(C)(C)C(=O)N2C1CC1. The average molecular weight is 325 g/mol. The first-order valence-electron chi connectivity index (χ1n) is 8.03. The number of aromatic nitrogens is 3. The van der Waals surface area contributed by atoms with E-state index in [0.717, 1.165) is 24.1 Å². The second-order valence-corrected chi connectivity index (χ2v) is 6.91. The van der Waals surface area contributed by atoms with E-state index in [0.29, 0.717) is 11.5 Å². The number of fused-ring (bicyclic) bond motifs is 1. The predicted octanol–water partition coefficient (Wildman–Crippen LogP) is 1.85. The lowest BCUT2D eigenvalue weighted by molar-refractivity contribution is -0.122. The van der Waals surface area contributed by atoms with Crippen molar-refractivity contribution < 1.29 is 9.59 Å². The van der Waals surface area contributed by atoms with Crippen molar-refractivity contribution in [2.75, 3.05) is 10.2 Å². The highest BCUT2D eigenvalue weighted by atomic mass is 16.2. The van der Waals surface area contributed by atoms with Crippen molar-refractivity contribution >= 4 is 23.3 Å². The quantitative estimate of drug-likeness (QED) is 0.934. The third kappa shape index (κ3) is 2.11. The van der Waals surface area contributed by atoms with E-state index in [4.69, 9.17) is 0 Å². The van der Waals surface area contributed by atoms with Crippen molar-refractivity contribution in [2.45, 2.75) is 38.1 Å². The lowest BCUT2D eigenvalue weighted by Gasteiger charge is -2.19. The zero-order valence-corrected chi connectivity index (χ0v) is 13.9. The number of hydrogen-bond acceptors (Lipinski definition) is 4. The van der Waals surface area contributed by atoms with Gasteiger partial charge < -0.3 is 10.2 Å². The van der Waals surface area contributed by atoms with Gasteiger partial charge in [-0.25, -0.2) is 4.98 Å². The number of rotatable bonds is 3. The highest BCUT2D eigenvalue weighted by Gasteiger charge is 2.49. The summed E-state index contributed by atoms with van der Waals surface area (Å²) in [5.74, 6) is 0.275. The van der Waals surface area contributed by atoms with Gasteiger partial charge in [-0.05, 0) is 32.8 Å². The summed E-state index contributed by atoms with van der Waals surface area (Å²) in [5, 5.41) is 6.78. The molecule has 2 aliphatic rings. The van der Waals surface area contributed by atoms with E-state index in [9.17, 15) is 9.59 Å². The summed E-state index contributed by atoms with van der Waals surface area (Å²) in [6.07, 6.45) is 5.33. The van der Waals surface area contributed by atoms with Crippen LogP contribution < -0.4 is 10.2 Å². The lowest BCUT2D eigenvalue weighted by atomic mass is 9.87. The number of carbonyl (C=O) groups is 2. The maximum absolute atomic E-state index is 12.7. The number of nitrogens with one attached hydrogen (secondary N) is 1. The minimum atomic E-state index is -0.574. The van der Waals surface area contributed by atoms with Crippen molar-refractivity contribution in [2.24, 2.45) is 7.05 Å². The Morgan fingerprint density at radius 2 is 2.12 bits per heavy atom. The van der Waals surface area contributed by atoms with Gasteiger partial charge in [-0.15, -0.1) is 0 Å². The smallest absolute Gasteiger partial charge is 0.275 e. The van der Waals surface area contributed by atoms with E-state index in [1.807, 2.05) is 18.7 Å². The number of carbonyl (C=O) groups excluding carboxylic acids is 2. The number of pyridine rings is 1. The molecule has 124 valence electrons. The van der Waals surface area contributed by atoms with Gasteiger partial charge in [0.15, 0.2) is 0 Å². The zero-order valence-electron chi connectivity index (χ0n) is 13.9. The molecule has 1 fully saturated rings. The molecule has 0 saturated heterocycles. The van der Waals surface area contributed by atoms with Crippen LogP contribution in [-0.4, -0.2) is 32.6 Å². The Morgan fingerprint density at radius 1 is 1.38 bits per heavy atom. The molecule has 1 saturated carbocycles. The molecule has 24 heavy (non-hydrogen) atoms. The van der Waals surface area contributed by atoms with Gasteiger partial charge in [0.05, 0.1) is 11.1 Å². The first-order chi connectivity index (χ1) is 11.4. The number of aryl methyl sites for hydroxylation is 1. The first-order valence-corrected chi connectivity index (χ1v) is 8.03. The van der Waals surface area contributed by atoms with Crippen LogP contribution in [0.25, 0.3) is 0 Å². The Morgan fingerprint density at radius 3 is 2.75 bits per heavy atom. The van der Waals surface area contributed by atoms with Crippen LogP contribution in [0.5, 0.6) is 0 Å². The molecule has 1 N–H and O–H groups in total. The molecule has 7 nitrogen and oxygen atoms in total. The van der Waals surface area contributed by atoms with E-state index < -0.39 is 5.41 Å². The fourth-order valence-corrected chi connectivity index (χ4v) is 3.19. The van der Waals surface area contributed by atoms with E-state index in [1.54, 1.807) is 31.6 Å². The third-order valence-electron chi connectivity index (χ3n) is 4.78. The lowest BCUT2D eigenvalue weighted by Crippen LogP contribution is -2.37. The summed E-state index contributed by atoms with van der Waals surface area (Å²) >= 11 is 0. The van der Waals surface area contributed by atoms with Crippen molar-refractivity contribution in [1.82, 2.24) is 14.8 Å². The molecule has 2 amide bonds. The summed E-state index contributed by atoms with van der Waals surface area (Å²) in [4.78, 5) is 31.3. The van der Waals surface area contributed by atoms with E-state index in [-0.39, 0.29) is 17.9 Å². The number of nitrogens with zero attached hydrogens (tertiary/aromatic N) is 4. The maximum Gasteiger partial charge on any atom is 0.275 e. The highest BCUT2D eigenvalue weighted by Crippen LogP contribution is 2.46. The molecule has 1 aliphatic carbocycles. The van der Waals surface area contributed by atoms with Crippen LogP contribution in [0.1, 0.15) is 42.7 Å². The Bertz CT molecular complexity index is 850. The van der Waals surface area contributed by atoms with Crippen molar-refractivity contribution in [3.8, 4) is 0 Å². The normalized spacial score (nSPS) is 18.6. The number of anilines is 2. The molecule has 2 aromatic rings. The summed E-state index contributed by atoms with van der Waals surface area (Å²) < 4.78 is 1.51. The summed E-state index contributed by atoms with van der Waals surface area (Å²) in [7, 11) is 1.71. The largest absolute Gasteiger partial charge is 0.308 e. The van der Waals surface area contributed by atoms with Gasteiger partial charge in [-0.2, -0.15) is 5.10 Å². The molecule has 3 heterocycles. The maximum atomic E-state index is 12.7. The molecular weight excluding hydrogens is 306 g/mol. The Kier molecular flexibility index (Phi) is 3.03. The minimum Gasteiger partial charge on any atom is -0.308 e. The average Bonchev–Trinajstić information content (AvgIpc) is 3.23. The van der Waals surface area contributed by atoms with Crippen LogP contribution in [-0.2, 0) is 17.3 Å². The van der Waals surface area contributed by atoms with Crippen molar-refractivity contribution in [1.29, 1.82) is 0 Å². The topological polar surface area (TPSA) is 80.1 Å². The zero-order chi connectivity index (χ0) is 17.1. The molecular formula is C17H19N5O2. The van der Waals surface area contributed by atoms with Crippen molar-refractivity contribution in [3.63, 3.8) is 0 Å². The molecule has 7 heteroatoms. The molecule has 0 aromatic carbocycles. The summed E-state index contributed by atoms with van der Waals surface area (Å²) in [6.45, 7) is 3.85. The third-order valence-corrected chi connectivity index (χ3v) is 4.78. The Balaban J connectivity index is 1.67. The van der Waals surface area contributed by atoms with Crippen LogP contribution in [0, 0.1) is 0 Å². The molecule has 4 rings (SSSR count). The number of amides is 2. The van der Waals surface area contributed by atoms with Crippen LogP contribution in [0.4, 0.5) is 11.5 Å². The van der Waals surface area contributed by atoms with Crippen LogP contribution in [0.15, 0.2) is 24.5 Å². The monoisotopic (exact) mass is 325 g/mol. The van der Waals surface area contributed by atoms with Gasteiger partial charge in [0, 0.05) is 37.1 Å². The van der Waals surface area contributed by atoms with Crippen LogP contribution in [0.3, 0.4) is 0 Å². The molecule has 0 bridgehead atoms. The minimum absolute atomic E-state index is 0.108. The van der Waals surface area contributed by atoms with Gasteiger partial charge in [-0.1, -0.05) is 0 Å². The van der Waals surface area contributed by atoms with Gasteiger partial charge >= 0.3 is 0 Å². The molecule has 0 radical (unpaired) electrons. The summed E-state index contributed by atoms with van der Waals surface area (Å²) in [5.41, 5.74) is 1.66. The van der Waals surface area contributed by atoms with Gasteiger partial charge in [-0.3, -0.25) is 14.3 Å². The second kappa shape index (κ2) is 4.90.